The van der Waals surface area contributed by atoms with Crippen LogP contribution in [0.5, 0.6) is 17.2 Å². The summed E-state index contributed by atoms with van der Waals surface area (Å²) in [5.74, 6) is 2.33. The Morgan fingerprint density at radius 2 is 1.63 bits per heavy atom. The van der Waals surface area contributed by atoms with E-state index < -0.39 is 0 Å². The van der Waals surface area contributed by atoms with E-state index >= 15 is 0 Å². The highest BCUT2D eigenvalue weighted by atomic mass is 32.1. The molecule has 0 aliphatic carbocycles. The molecule has 1 aliphatic rings. The second-order valence-electron chi connectivity index (χ2n) is 6.11. The lowest BCUT2D eigenvalue weighted by molar-refractivity contribution is 0.415. The summed E-state index contributed by atoms with van der Waals surface area (Å²) in [6.07, 6.45) is 0.575. The molecule has 0 saturated carbocycles. The molecule has 0 saturated heterocycles. The van der Waals surface area contributed by atoms with Gasteiger partial charge in [-0.05, 0) is 54.1 Å². The predicted octanol–water partition coefficient (Wildman–Crippen LogP) is 5.75. The molecule has 5 heteroatoms. The second-order valence-corrected chi connectivity index (χ2v) is 6.60. The third kappa shape index (κ3) is 3.99. The van der Waals surface area contributed by atoms with Crippen LogP contribution in [0.15, 0.2) is 77.8 Å². The zero-order valence-corrected chi connectivity index (χ0v) is 15.6. The van der Waals surface area contributed by atoms with Crippen molar-refractivity contribution in [2.75, 3.05) is 12.4 Å². The van der Waals surface area contributed by atoms with E-state index in [1.54, 1.807) is 7.11 Å². The van der Waals surface area contributed by atoms with E-state index in [2.05, 4.69) is 5.32 Å². The minimum atomic E-state index is 0.575. The average Bonchev–Trinajstić information content (AvgIpc) is 2.86. The Morgan fingerprint density at radius 3 is 2.37 bits per heavy atom. The van der Waals surface area contributed by atoms with Crippen LogP contribution in [0.4, 0.5) is 11.4 Å². The molecule has 4 rings (SSSR count). The number of benzene rings is 3. The molecular formula is C22H18N2O2S. The fraction of sp³-hybridized carbons (Fsp3) is 0.0909. The van der Waals surface area contributed by atoms with Crippen molar-refractivity contribution in [3.8, 4) is 17.2 Å². The molecule has 1 N–H and O–H groups in total. The lowest BCUT2D eigenvalue weighted by Crippen LogP contribution is -2.12. The Labute approximate surface area is 163 Å². The Kier molecular flexibility index (Phi) is 4.85. The maximum absolute atomic E-state index is 5.94. The highest BCUT2D eigenvalue weighted by Gasteiger charge is 2.16. The van der Waals surface area contributed by atoms with Gasteiger partial charge in [-0.3, -0.25) is 4.99 Å². The van der Waals surface area contributed by atoms with Gasteiger partial charge in [0.1, 0.15) is 17.2 Å². The minimum absolute atomic E-state index is 0.575. The maximum atomic E-state index is 5.94. The van der Waals surface area contributed by atoms with Crippen LogP contribution in [0.25, 0.3) is 0 Å². The van der Waals surface area contributed by atoms with Crippen molar-refractivity contribution in [2.24, 2.45) is 4.99 Å². The number of ether oxygens (including phenoxy) is 2. The topological polar surface area (TPSA) is 42.9 Å². The lowest BCUT2D eigenvalue weighted by Gasteiger charge is -2.09. The first-order chi connectivity index (χ1) is 13.2. The van der Waals surface area contributed by atoms with E-state index in [-0.39, 0.29) is 0 Å². The predicted molar refractivity (Wildman–Crippen MR) is 113 cm³/mol. The summed E-state index contributed by atoms with van der Waals surface area (Å²) in [6, 6.07) is 23.3. The number of methoxy groups -OCH3 is 1. The van der Waals surface area contributed by atoms with Crippen LogP contribution in [0.3, 0.4) is 0 Å². The first-order valence-corrected chi connectivity index (χ1v) is 9.01. The number of nitrogens with zero attached hydrogens (tertiary/aromatic N) is 1. The molecule has 3 aromatic carbocycles. The molecule has 0 amide bonds. The monoisotopic (exact) mass is 374 g/mol. The fourth-order valence-electron chi connectivity index (χ4n) is 2.88. The van der Waals surface area contributed by atoms with Gasteiger partial charge in [-0.25, -0.2) is 0 Å². The number of rotatable bonds is 4. The Hall–Kier alpha value is -3.18. The van der Waals surface area contributed by atoms with Crippen LogP contribution >= 0.6 is 12.2 Å². The number of fused-ring (bicyclic) bond motifs is 1. The van der Waals surface area contributed by atoms with E-state index in [1.807, 2.05) is 72.8 Å². The van der Waals surface area contributed by atoms with E-state index in [0.717, 1.165) is 44.9 Å². The van der Waals surface area contributed by atoms with Crippen molar-refractivity contribution in [1.82, 2.24) is 0 Å². The molecule has 0 unspecified atom stereocenters. The molecule has 0 aromatic heterocycles. The molecule has 134 valence electrons. The maximum Gasteiger partial charge on any atom is 0.129 e. The first kappa shape index (κ1) is 17.2. The standard InChI is InChI=1S/C22H18N2O2S/c1-25-16-9-7-15(8-10-16)20-14-22(27)24-19-12-11-18(13-21(19)23-20)26-17-5-3-2-4-6-17/h2-13H,14H2,1H3,(H,24,27). The van der Waals surface area contributed by atoms with Gasteiger partial charge in [-0.2, -0.15) is 0 Å². The number of thiocarbonyl (C=S) groups is 1. The van der Waals surface area contributed by atoms with Gasteiger partial charge >= 0.3 is 0 Å². The quantitative estimate of drug-likeness (QED) is 0.590. The molecule has 1 heterocycles. The van der Waals surface area contributed by atoms with Gasteiger partial charge in [0.2, 0.25) is 0 Å². The molecule has 0 radical (unpaired) electrons. The number of aliphatic imine (C=N–C) groups is 1. The van der Waals surface area contributed by atoms with E-state index in [1.165, 1.54) is 0 Å². The Bertz CT molecular complexity index is 999. The molecule has 0 fully saturated rings. The molecule has 0 atom stereocenters. The fourth-order valence-corrected chi connectivity index (χ4v) is 3.13. The summed E-state index contributed by atoms with van der Waals surface area (Å²) in [7, 11) is 1.65. The van der Waals surface area contributed by atoms with Gasteiger partial charge < -0.3 is 14.8 Å². The molecule has 3 aromatic rings. The number of hydrogen-bond acceptors (Lipinski definition) is 4. The molecule has 27 heavy (non-hydrogen) atoms. The van der Waals surface area contributed by atoms with Crippen LogP contribution in [-0.4, -0.2) is 17.8 Å². The van der Waals surface area contributed by atoms with Gasteiger partial charge in [0.15, 0.2) is 0 Å². The van der Waals surface area contributed by atoms with Crippen molar-refractivity contribution in [3.05, 3.63) is 78.4 Å². The summed E-state index contributed by atoms with van der Waals surface area (Å²) in [4.78, 5) is 5.60. The van der Waals surface area contributed by atoms with Crippen molar-refractivity contribution < 1.29 is 9.47 Å². The van der Waals surface area contributed by atoms with Crippen molar-refractivity contribution in [1.29, 1.82) is 0 Å². The van der Waals surface area contributed by atoms with Crippen molar-refractivity contribution >= 4 is 34.3 Å². The third-order valence-corrected chi connectivity index (χ3v) is 4.48. The van der Waals surface area contributed by atoms with E-state index in [9.17, 15) is 0 Å². The zero-order valence-electron chi connectivity index (χ0n) is 14.8. The van der Waals surface area contributed by atoms with Gasteiger partial charge in [0.25, 0.3) is 0 Å². The summed E-state index contributed by atoms with van der Waals surface area (Å²) in [5.41, 5.74) is 3.60. The Balaban J connectivity index is 1.69. The van der Waals surface area contributed by atoms with Crippen LogP contribution in [0.1, 0.15) is 12.0 Å². The van der Waals surface area contributed by atoms with Gasteiger partial charge in [0, 0.05) is 12.5 Å². The number of anilines is 1. The van der Waals surface area contributed by atoms with Gasteiger partial charge in [-0.15, -0.1) is 0 Å². The second kappa shape index (κ2) is 7.60. The van der Waals surface area contributed by atoms with Crippen molar-refractivity contribution in [3.63, 3.8) is 0 Å². The third-order valence-electron chi connectivity index (χ3n) is 4.23. The molecular weight excluding hydrogens is 356 g/mol. The highest BCUT2D eigenvalue weighted by Crippen LogP contribution is 2.34. The highest BCUT2D eigenvalue weighted by molar-refractivity contribution is 7.80. The minimum Gasteiger partial charge on any atom is -0.497 e. The number of hydrogen-bond donors (Lipinski definition) is 1. The summed E-state index contributed by atoms with van der Waals surface area (Å²) < 4.78 is 11.2. The normalized spacial score (nSPS) is 13.1. The molecule has 0 spiro atoms. The molecule has 0 bridgehead atoms. The smallest absolute Gasteiger partial charge is 0.129 e. The summed E-state index contributed by atoms with van der Waals surface area (Å²) in [6.45, 7) is 0. The summed E-state index contributed by atoms with van der Waals surface area (Å²) >= 11 is 5.48. The van der Waals surface area contributed by atoms with Crippen LogP contribution in [-0.2, 0) is 0 Å². The number of para-hydroxylation sites is 1. The summed E-state index contributed by atoms with van der Waals surface area (Å²) in [5, 5.41) is 3.27. The van der Waals surface area contributed by atoms with Crippen LogP contribution < -0.4 is 14.8 Å². The average molecular weight is 374 g/mol. The Morgan fingerprint density at radius 1 is 0.889 bits per heavy atom. The first-order valence-electron chi connectivity index (χ1n) is 8.60. The van der Waals surface area contributed by atoms with Gasteiger partial charge in [0.05, 0.1) is 29.2 Å². The van der Waals surface area contributed by atoms with E-state index in [4.69, 9.17) is 26.7 Å². The molecule has 4 nitrogen and oxygen atoms in total. The largest absolute Gasteiger partial charge is 0.497 e. The SMILES string of the molecule is COc1ccc(C2=Nc3cc(Oc4ccccc4)ccc3NC(=S)C2)cc1. The lowest BCUT2D eigenvalue weighted by atomic mass is 10.1. The van der Waals surface area contributed by atoms with Gasteiger partial charge in [-0.1, -0.05) is 30.4 Å². The zero-order chi connectivity index (χ0) is 18.6. The number of nitrogens with one attached hydrogen (secondary N) is 1. The van der Waals surface area contributed by atoms with Crippen LogP contribution in [0, 0.1) is 0 Å². The molecule has 1 aliphatic heterocycles. The van der Waals surface area contributed by atoms with Crippen molar-refractivity contribution in [2.45, 2.75) is 6.42 Å². The van der Waals surface area contributed by atoms with E-state index in [0.29, 0.717) is 6.42 Å². The van der Waals surface area contributed by atoms with Crippen LogP contribution in [0.2, 0.25) is 0 Å².